The quantitative estimate of drug-likeness (QED) is 0.364. The molecule has 2 N–H and O–H groups in total. The SMILES string of the molecule is CC(CCCO[N+](=O)[O-])NCC(O)COc1cccc2c1C=CC2. The van der Waals surface area contributed by atoms with Gasteiger partial charge < -0.3 is 20.0 Å². The molecule has 2 unspecified atom stereocenters. The summed E-state index contributed by atoms with van der Waals surface area (Å²) in [6.07, 6.45) is 5.77. The van der Waals surface area contributed by atoms with Gasteiger partial charge in [-0.2, -0.15) is 0 Å². The fourth-order valence-electron chi connectivity index (χ4n) is 2.60. The zero-order valence-electron chi connectivity index (χ0n) is 13.8. The third-order valence-corrected chi connectivity index (χ3v) is 3.89. The summed E-state index contributed by atoms with van der Waals surface area (Å²) in [6.45, 7) is 2.68. The number of aliphatic hydroxyl groups excluding tert-OH is 1. The largest absolute Gasteiger partial charge is 0.490 e. The van der Waals surface area contributed by atoms with Crippen LogP contribution in [0.15, 0.2) is 24.3 Å². The number of nitrogens with zero attached hydrogens (tertiary/aromatic N) is 1. The van der Waals surface area contributed by atoms with Crippen molar-refractivity contribution in [1.29, 1.82) is 0 Å². The van der Waals surface area contributed by atoms with Crippen LogP contribution < -0.4 is 10.1 Å². The predicted octanol–water partition coefficient (Wildman–Crippen LogP) is 1.96. The molecule has 0 saturated heterocycles. The summed E-state index contributed by atoms with van der Waals surface area (Å²) >= 11 is 0. The van der Waals surface area contributed by atoms with Gasteiger partial charge in [0.15, 0.2) is 0 Å². The lowest BCUT2D eigenvalue weighted by Crippen LogP contribution is -2.36. The summed E-state index contributed by atoms with van der Waals surface area (Å²) in [5, 5.41) is 22.5. The van der Waals surface area contributed by atoms with Crippen LogP contribution in [0.4, 0.5) is 0 Å². The van der Waals surface area contributed by atoms with Gasteiger partial charge in [0.2, 0.25) is 0 Å². The van der Waals surface area contributed by atoms with Crippen molar-refractivity contribution in [3.63, 3.8) is 0 Å². The Labute approximate surface area is 141 Å². The van der Waals surface area contributed by atoms with E-state index in [0.29, 0.717) is 13.0 Å². The molecule has 0 aliphatic heterocycles. The maximum atomic E-state index is 10.0. The van der Waals surface area contributed by atoms with E-state index in [9.17, 15) is 15.2 Å². The Kier molecular flexibility index (Phi) is 7.02. The molecule has 0 radical (unpaired) electrons. The van der Waals surface area contributed by atoms with Gasteiger partial charge in [0, 0.05) is 18.2 Å². The Balaban J connectivity index is 1.63. The van der Waals surface area contributed by atoms with Gasteiger partial charge in [0.05, 0.1) is 6.61 Å². The van der Waals surface area contributed by atoms with Gasteiger partial charge in [0.1, 0.15) is 18.5 Å². The van der Waals surface area contributed by atoms with Gasteiger partial charge in [-0.3, -0.25) is 0 Å². The van der Waals surface area contributed by atoms with E-state index in [-0.39, 0.29) is 19.3 Å². The minimum absolute atomic E-state index is 0.0946. The second-order valence-corrected chi connectivity index (χ2v) is 5.91. The number of ether oxygens (including phenoxy) is 1. The summed E-state index contributed by atoms with van der Waals surface area (Å²) in [5.41, 5.74) is 2.34. The van der Waals surface area contributed by atoms with Gasteiger partial charge in [-0.05, 0) is 37.8 Å². The van der Waals surface area contributed by atoms with Crippen LogP contribution in [0.25, 0.3) is 6.08 Å². The molecular formula is C17H24N2O5. The second kappa shape index (κ2) is 9.24. The predicted molar refractivity (Wildman–Crippen MR) is 90.3 cm³/mol. The van der Waals surface area contributed by atoms with Crippen molar-refractivity contribution in [2.45, 2.75) is 38.3 Å². The third kappa shape index (κ3) is 5.82. The van der Waals surface area contributed by atoms with Crippen LogP contribution in [-0.4, -0.2) is 42.1 Å². The van der Waals surface area contributed by atoms with Crippen molar-refractivity contribution in [3.05, 3.63) is 45.5 Å². The van der Waals surface area contributed by atoms with Crippen molar-refractivity contribution in [3.8, 4) is 5.75 Å². The van der Waals surface area contributed by atoms with E-state index in [0.717, 1.165) is 24.2 Å². The second-order valence-electron chi connectivity index (χ2n) is 5.91. The van der Waals surface area contributed by atoms with Gasteiger partial charge in [0.25, 0.3) is 5.09 Å². The highest BCUT2D eigenvalue weighted by Gasteiger charge is 2.13. The fraction of sp³-hybridized carbons (Fsp3) is 0.529. The lowest BCUT2D eigenvalue weighted by molar-refractivity contribution is -0.757. The first kappa shape index (κ1) is 18.2. The summed E-state index contributed by atoms with van der Waals surface area (Å²) in [4.78, 5) is 14.3. The molecule has 0 aromatic heterocycles. The number of benzene rings is 1. The number of hydrogen-bond donors (Lipinski definition) is 2. The maximum Gasteiger partial charge on any atom is 0.294 e. The molecule has 0 amide bonds. The molecule has 0 bridgehead atoms. The zero-order chi connectivity index (χ0) is 17.4. The van der Waals surface area contributed by atoms with E-state index in [4.69, 9.17) is 4.74 Å². The van der Waals surface area contributed by atoms with Crippen LogP contribution >= 0.6 is 0 Å². The molecule has 2 rings (SSSR count). The highest BCUT2D eigenvalue weighted by atomic mass is 16.9. The minimum Gasteiger partial charge on any atom is -0.490 e. The van der Waals surface area contributed by atoms with Crippen molar-refractivity contribution in [1.82, 2.24) is 5.32 Å². The number of fused-ring (bicyclic) bond motifs is 1. The molecule has 7 heteroatoms. The number of nitrogens with one attached hydrogen (secondary N) is 1. The monoisotopic (exact) mass is 336 g/mol. The maximum absolute atomic E-state index is 10.0. The van der Waals surface area contributed by atoms with Gasteiger partial charge in [-0.15, -0.1) is 10.1 Å². The highest BCUT2D eigenvalue weighted by molar-refractivity contribution is 5.66. The first-order chi connectivity index (χ1) is 11.6. The van der Waals surface area contributed by atoms with E-state index in [1.165, 1.54) is 5.56 Å². The van der Waals surface area contributed by atoms with Crippen LogP contribution in [0, 0.1) is 10.1 Å². The Morgan fingerprint density at radius 3 is 3.08 bits per heavy atom. The average molecular weight is 336 g/mol. The Morgan fingerprint density at radius 2 is 2.29 bits per heavy atom. The van der Waals surface area contributed by atoms with Crippen LogP contribution in [0.1, 0.15) is 30.9 Å². The number of aliphatic hydroxyl groups is 1. The van der Waals surface area contributed by atoms with Crippen LogP contribution in [0.5, 0.6) is 5.75 Å². The summed E-state index contributed by atoms with van der Waals surface area (Å²) in [7, 11) is 0. The molecule has 1 aliphatic carbocycles. The van der Waals surface area contributed by atoms with Crippen molar-refractivity contribution >= 4 is 6.08 Å². The molecule has 2 atom stereocenters. The zero-order valence-corrected chi connectivity index (χ0v) is 13.8. The van der Waals surface area contributed by atoms with E-state index in [1.807, 2.05) is 25.1 Å². The fourth-order valence-corrected chi connectivity index (χ4v) is 2.60. The number of rotatable bonds is 11. The molecule has 1 aliphatic rings. The average Bonchev–Trinajstić information content (AvgIpc) is 3.04. The molecule has 0 heterocycles. The van der Waals surface area contributed by atoms with Gasteiger partial charge in [-0.1, -0.05) is 24.3 Å². The van der Waals surface area contributed by atoms with Gasteiger partial charge >= 0.3 is 0 Å². The van der Waals surface area contributed by atoms with Crippen LogP contribution in [0.3, 0.4) is 0 Å². The lowest BCUT2D eigenvalue weighted by atomic mass is 10.1. The molecule has 0 saturated carbocycles. The van der Waals surface area contributed by atoms with Crippen LogP contribution in [0.2, 0.25) is 0 Å². The molecule has 0 fully saturated rings. The van der Waals surface area contributed by atoms with E-state index in [2.05, 4.69) is 22.3 Å². The van der Waals surface area contributed by atoms with E-state index >= 15 is 0 Å². The third-order valence-electron chi connectivity index (χ3n) is 3.89. The topological polar surface area (TPSA) is 93.9 Å². The molecular weight excluding hydrogens is 312 g/mol. The van der Waals surface area contributed by atoms with Gasteiger partial charge in [-0.25, -0.2) is 0 Å². The first-order valence-electron chi connectivity index (χ1n) is 8.16. The summed E-state index contributed by atoms with van der Waals surface area (Å²) < 4.78 is 5.73. The molecule has 132 valence electrons. The molecule has 7 nitrogen and oxygen atoms in total. The summed E-state index contributed by atoms with van der Waals surface area (Å²) in [6, 6.07) is 6.08. The smallest absolute Gasteiger partial charge is 0.294 e. The Morgan fingerprint density at radius 1 is 1.46 bits per heavy atom. The van der Waals surface area contributed by atoms with E-state index < -0.39 is 11.2 Å². The molecule has 1 aromatic carbocycles. The Bertz CT molecular complexity index is 576. The number of allylic oxidation sites excluding steroid dienone is 1. The first-order valence-corrected chi connectivity index (χ1v) is 8.16. The van der Waals surface area contributed by atoms with E-state index in [1.54, 1.807) is 0 Å². The lowest BCUT2D eigenvalue weighted by Gasteiger charge is -2.18. The van der Waals surface area contributed by atoms with Crippen molar-refractivity contribution in [2.75, 3.05) is 19.8 Å². The molecule has 1 aromatic rings. The molecule has 24 heavy (non-hydrogen) atoms. The Hall–Kier alpha value is -2.12. The minimum atomic E-state index is -0.783. The highest BCUT2D eigenvalue weighted by Crippen LogP contribution is 2.28. The van der Waals surface area contributed by atoms with Crippen molar-refractivity contribution in [2.24, 2.45) is 0 Å². The standard InChI is InChI=1S/C17H24N2O5/c1-13(5-4-10-24-19(21)22)18-11-15(20)12-23-17-9-3-7-14-6-2-8-16(14)17/h2-3,7-9,13,15,18,20H,4-6,10-12H2,1H3. The summed E-state index contributed by atoms with van der Waals surface area (Å²) in [5.74, 6) is 0.797. The molecule has 0 spiro atoms. The normalized spacial score (nSPS) is 14.9. The van der Waals surface area contributed by atoms with Crippen molar-refractivity contribution < 1.29 is 19.8 Å². The number of hydrogen-bond acceptors (Lipinski definition) is 6. The van der Waals surface area contributed by atoms with Crippen LogP contribution in [-0.2, 0) is 11.3 Å².